The number of nitrogens with one attached hydrogen (secondary N) is 2. The lowest BCUT2D eigenvalue weighted by Gasteiger charge is -2.23. The number of halogens is 3. The molecule has 0 aromatic heterocycles. The molecule has 1 atom stereocenters. The lowest BCUT2D eigenvalue weighted by Crippen LogP contribution is -2.32. The summed E-state index contributed by atoms with van der Waals surface area (Å²) in [6, 6.07) is 9.22. The van der Waals surface area contributed by atoms with E-state index in [0.717, 1.165) is 4.90 Å². The number of hydrogen-bond acceptors (Lipinski definition) is 5. The number of fused-ring (bicyclic) bond motifs is 1. The van der Waals surface area contributed by atoms with Crippen molar-refractivity contribution in [3.8, 4) is 11.5 Å². The van der Waals surface area contributed by atoms with Crippen molar-refractivity contribution in [3.63, 3.8) is 0 Å². The van der Waals surface area contributed by atoms with Crippen LogP contribution in [0, 0.1) is 0 Å². The number of amides is 2. The second-order valence-corrected chi connectivity index (χ2v) is 7.41. The summed E-state index contributed by atoms with van der Waals surface area (Å²) in [5.74, 6) is -0.855. The molecule has 6 nitrogen and oxygen atoms in total. The number of rotatable bonds is 6. The summed E-state index contributed by atoms with van der Waals surface area (Å²) in [6.07, 6.45) is -0.102. The third-order valence-electron chi connectivity index (χ3n) is 3.80. The quantitative estimate of drug-likeness (QED) is 0.713. The zero-order valence-electron chi connectivity index (χ0n) is 14.5. The Bertz CT molecular complexity index is 913. The Hall–Kier alpha value is -2.52. The molecule has 0 aliphatic carbocycles. The van der Waals surface area contributed by atoms with Gasteiger partial charge in [0.15, 0.2) is 11.5 Å². The Labute approximate surface area is 168 Å². The molecule has 28 heavy (non-hydrogen) atoms. The van der Waals surface area contributed by atoms with Crippen LogP contribution in [0.5, 0.6) is 11.5 Å². The lowest BCUT2D eigenvalue weighted by atomic mass is 10.2. The first kappa shape index (κ1) is 20.2. The first-order chi connectivity index (χ1) is 13.4. The fourth-order valence-corrected chi connectivity index (χ4v) is 3.84. The van der Waals surface area contributed by atoms with Crippen LogP contribution in [-0.2, 0) is 9.59 Å². The normalized spacial score (nSPS) is 15.6. The minimum absolute atomic E-state index is 0.102. The summed E-state index contributed by atoms with van der Waals surface area (Å²) in [6.45, 7) is -3.03. The Morgan fingerprint density at radius 2 is 2.07 bits per heavy atom. The van der Waals surface area contributed by atoms with Gasteiger partial charge in [-0.05, 0) is 30.3 Å². The number of ether oxygens (including phenoxy) is 2. The largest absolute Gasteiger partial charge is 0.493 e. The summed E-state index contributed by atoms with van der Waals surface area (Å²) in [5.41, 5.74) is 0.845. The maximum Gasteiger partial charge on any atom is 0.387 e. The second-order valence-electron chi connectivity index (χ2n) is 5.73. The first-order valence-corrected chi connectivity index (χ1v) is 9.31. The number of anilines is 2. The van der Waals surface area contributed by atoms with Crippen molar-refractivity contribution in [2.45, 2.75) is 23.2 Å². The summed E-state index contributed by atoms with van der Waals surface area (Å²) in [7, 11) is 1.32. The second kappa shape index (κ2) is 8.66. The molecule has 2 aromatic rings. The number of alkyl halides is 2. The minimum atomic E-state index is -3.03. The molecule has 1 aliphatic heterocycles. The molecule has 3 rings (SSSR count). The van der Waals surface area contributed by atoms with Gasteiger partial charge in [-0.25, -0.2) is 0 Å². The SMILES string of the molecule is COc1ccc(NC(=O)CC2Sc3ccc(Cl)cc3NC2=O)cc1OC(F)F. The molecule has 10 heteroatoms. The molecule has 2 amide bonds. The Morgan fingerprint density at radius 1 is 1.29 bits per heavy atom. The van der Waals surface area contributed by atoms with Crippen LogP contribution in [-0.4, -0.2) is 30.8 Å². The summed E-state index contributed by atoms with van der Waals surface area (Å²) >= 11 is 7.17. The highest BCUT2D eigenvalue weighted by Gasteiger charge is 2.29. The fraction of sp³-hybridized carbons (Fsp3) is 0.222. The van der Waals surface area contributed by atoms with E-state index < -0.39 is 17.8 Å². The number of thioether (sulfide) groups is 1. The summed E-state index contributed by atoms with van der Waals surface area (Å²) in [4.78, 5) is 25.4. The van der Waals surface area contributed by atoms with Crippen LogP contribution in [0.1, 0.15) is 6.42 Å². The predicted molar refractivity (Wildman–Crippen MR) is 103 cm³/mol. The third kappa shape index (κ3) is 4.85. The van der Waals surface area contributed by atoms with E-state index >= 15 is 0 Å². The van der Waals surface area contributed by atoms with E-state index in [-0.39, 0.29) is 29.5 Å². The molecule has 0 spiro atoms. The number of methoxy groups -OCH3 is 1. The average Bonchev–Trinajstić information content (AvgIpc) is 2.62. The maximum atomic E-state index is 12.5. The van der Waals surface area contributed by atoms with E-state index in [1.165, 1.54) is 37.1 Å². The lowest BCUT2D eigenvalue weighted by molar-refractivity contribution is -0.120. The van der Waals surface area contributed by atoms with Crippen LogP contribution in [0.3, 0.4) is 0 Å². The van der Waals surface area contributed by atoms with Crippen LogP contribution >= 0.6 is 23.4 Å². The van der Waals surface area contributed by atoms with Crippen molar-refractivity contribution >= 4 is 46.6 Å². The molecule has 0 saturated carbocycles. The van der Waals surface area contributed by atoms with E-state index in [2.05, 4.69) is 15.4 Å². The number of carbonyl (C=O) groups excluding carboxylic acids is 2. The molecule has 0 bridgehead atoms. The minimum Gasteiger partial charge on any atom is -0.493 e. The number of carbonyl (C=O) groups is 2. The van der Waals surface area contributed by atoms with E-state index in [0.29, 0.717) is 10.7 Å². The monoisotopic (exact) mass is 428 g/mol. The molecule has 0 saturated heterocycles. The summed E-state index contributed by atoms with van der Waals surface area (Å²) < 4.78 is 34.3. The van der Waals surface area contributed by atoms with E-state index in [9.17, 15) is 18.4 Å². The van der Waals surface area contributed by atoms with Gasteiger partial charge in [0.2, 0.25) is 11.8 Å². The smallest absolute Gasteiger partial charge is 0.387 e. The molecule has 0 radical (unpaired) electrons. The zero-order chi connectivity index (χ0) is 20.3. The molecule has 2 aromatic carbocycles. The third-order valence-corrected chi connectivity index (χ3v) is 5.31. The van der Waals surface area contributed by atoms with E-state index in [1.807, 2.05) is 0 Å². The van der Waals surface area contributed by atoms with Crippen LogP contribution in [0.4, 0.5) is 20.2 Å². The highest BCUT2D eigenvalue weighted by molar-refractivity contribution is 8.01. The van der Waals surface area contributed by atoms with Gasteiger partial charge in [0, 0.05) is 28.1 Å². The van der Waals surface area contributed by atoms with Gasteiger partial charge in [0.1, 0.15) is 0 Å². The summed E-state index contributed by atoms with van der Waals surface area (Å²) in [5, 5.41) is 5.16. The topological polar surface area (TPSA) is 76.7 Å². The van der Waals surface area contributed by atoms with Crippen molar-refractivity contribution in [3.05, 3.63) is 41.4 Å². The molecular weight excluding hydrogens is 414 g/mol. The van der Waals surface area contributed by atoms with Crippen molar-refractivity contribution < 1.29 is 27.8 Å². The van der Waals surface area contributed by atoms with Gasteiger partial charge in [-0.15, -0.1) is 11.8 Å². The van der Waals surface area contributed by atoms with Crippen LogP contribution < -0.4 is 20.1 Å². The van der Waals surface area contributed by atoms with Crippen molar-refractivity contribution in [2.24, 2.45) is 0 Å². The van der Waals surface area contributed by atoms with Gasteiger partial charge in [-0.3, -0.25) is 9.59 Å². The van der Waals surface area contributed by atoms with Crippen molar-refractivity contribution in [1.29, 1.82) is 0 Å². The zero-order valence-corrected chi connectivity index (χ0v) is 16.1. The molecule has 148 valence electrons. The molecule has 2 N–H and O–H groups in total. The van der Waals surface area contributed by atoms with Crippen LogP contribution in [0.2, 0.25) is 5.02 Å². The Kier molecular flexibility index (Phi) is 6.25. The average molecular weight is 429 g/mol. The van der Waals surface area contributed by atoms with Gasteiger partial charge < -0.3 is 20.1 Å². The highest BCUT2D eigenvalue weighted by Crippen LogP contribution is 2.38. The highest BCUT2D eigenvalue weighted by atomic mass is 35.5. The van der Waals surface area contributed by atoms with E-state index in [4.69, 9.17) is 16.3 Å². The fourth-order valence-electron chi connectivity index (χ4n) is 2.58. The molecular formula is C18H15ClF2N2O4S. The molecule has 0 fully saturated rings. The Morgan fingerprint density at radius 3 is 2.79 bits per heavy atom. The number of hydrogen-bond donors (Lipinski definition) is 2. The van der Waals surface area contributed by atoms with Gasteiger partial charge >= 0.3 is 6.61 Å². The van der Waals surface area contributed by atoms with Gasteiger partial charge in [0.05, 0.1) is 18.0 Å². The van der Waals surface area contributed by atoms with Gasteiger partial charge in [0.25, 0.3) is 0 Å². The standard InChI is InChI=1S/C18H15ClF2N2O4S/c1-26-12-4-3-10(7-13(12)27-18(20)21)22-16(24)8-15-17(25)23-11-6-9(19)2-5-14(11)28-15/h2-7,15,18H,8H2,1H3,(H,22,24)(H,23,25). The van der Waals surface area contributed by atoms with Gasteiger partial charge in [-0.1, -0.05) is 11.6 Å². The maximum absolute atomic E-state index is 12.5. The van der Waals surface area contributed by atoms with Crippen molar-refractivity contribution in [2.75, 3.05) is 17.7 Å². The predicted octanol–water partition coefficient (Wildman–Crippen LogP) is 4.39. The first-order valence-electron chi connectivity index (χ1n) is 8.05. The molecule has 1 unspecified atom stereocenters. The molecule has 1 aliphatic rings. The molecule has 1 heterocycles. The van der Waals surface area contributed by atoms with Crippen LogP contribution in [0.25, 0.3) is 0 Å². The van der Waals surface area contributed by atoms with E-state index in [1.54, 1.807) is 18.2 Å². The van der Waals surface area contributed by atoms with Gasteiger partial charge in [-0.2, -0.15) is 8.78 Å². The Balaban J connectivity index is 1.67. The van der Waals surface area contributed by atoms with Crippen molar-refractivity contribution in [1.82, 2.24) is 0 Å². The van der Waals surface area contributed by atoms with Crippen LogP contribution in [0.15, 0.2) is 41.3 Å². The number of benzene rings is 2.